The Labute approximate surface area is 133 Å². The first-order valence-electron chi connectivity index (χ1n) is 7.80. The van der Waals surface area contributed by atoms with Gasteiger partial charge in [0.1, 0.15) is 0 Å². The summed E-state index contributed by atoms with van der Waals surface area (Å²) in [5.41, 5.74) is 8.47. The average molecular weight is 309 g/mol. The summed E-state index contributed by atoms with van der Waals surface area (Å²) in [5.74, 6) is 0.947. The third-order valence-corrected chi connectivity index (χ3v) is 4.68. The van der Waals surface area contributed by atoms with E-state index in [2.05, 4.69) is 25.1 Å². The molecule has 3 atom stereocenters. The fourth-order valence-electron chi connectivity index (χ4n) is 3.68. The standard InChI is InChI=1S/C17H24N2O.ClH/c1-12-9-13-5-2-3-8-16(13)19(11-12)17(20)14-6-4-7-15(18)10-14;/h2-3,5,8,12,14-15H,4,6-7,9-11,18H2,1H3;1H. The van der Waals surface area contributed by atoms with Crippen LogP contribution in [0.1, 0.15) is 38.2 Å². The number of nitrogens with two attached hydrogens (primary N) is 1. The highest BCUT2D eigenvalue weighted by Gasteiger charge is 2.33. The van der Waals surface area contributed by atoms with Crippen LogP contribution in [-0.4, -0.2) is 18.5 Å². The van der Waals surface area contributed by atoms with Crippen LogP contribution in [-0.2, 0) is 11.2 Å². The second-order valence-electron chi connectivity index (χ2n) is 6.51. The zero-order valence-electron chi connectivity index (χ0n) is 12.6. The van der Waals surface area contributed by atoms with Gasteiger partial charge in [-0.1, -0.05) is 31.5 Å². The van der Waals surface area contributed by atoms with Gasteiger partial charge in [-0.15, -0.1) is 12.4 Å². The van der Waals surface area contributed by atoms with Gasteiger partial charge < -0.3 is 10.6 Å². The number of para-hydroxylation sites is 1. The summed E-state index contributed by atoms with van der Waals surface area (Å²) in [5, 5.41) is 0. The molecule has 0 radical (unpaired) electrons. The molecular weight excluding hydrogens is 284 g/mol. The molecule has 3 nitrogen and oxygen atoms in total. The van der Waals surface area contributed by atoms with Crippen LogP contribution in [0.2, 0.25) is 0 Å². The van der Waals surface area contributed by atoms with E-state index in [0.717, 1.165) is 44.3 Å². The van der Waals surface area contributed by atoms with E-state index in [1.807, 2.05) is 11.0 Å². The Hall–Kier alpha value is -1.06. The molecule has 1 fully saturated rings. The number of halogens is 1. The lowest BCUT2D eigenvalue weighted by molar-refractivity contribution is -0.123. The van der Waals surface area contributed by atoms with Gasteiger partial charge in [-0.2, -0.15) is 0 Å². The van der Waals surface area contributed by atoms with Crippen LogP contribution in [0.25, 0.3) is 0 Å². The molecule has 3 unspecified atom stereocenters. The number of benzene rings is 1. The molecule has 0 spiro atoms. The SMILES string of the molecule is CC1Cc2ccccc2N(C(=O)C2CCCC(N)C2)C1.Cl. The van der Waals surface area contributed by atoms with Gasteiger partial charge in [0.15, 0.2) is 0 Å². The summed E-state index contributed by atoms with van der Waals surface area (Å²) in [7, 11) is 0. The predicted molar refractivity (Wildman–Crippen MR) is 88.8 cm³/mol. The van der Waals surface area contributed by atoms with E-state index >= 15 is 0 Å². The average Bonchev–Trinajstić information content (AvgIpc) is 2.45. The fourth-order valence-corrected chi connectivity index (χ4v) is 3.68. The number of nitrogens with zero attached hydrogens (tertiary/aromatic N) is 1. The Morgan fingerprint density at radius 3 is 2.81 bits per heavy atom. The van der Waals surface area contributed by atoms with Crippen LogP contribution in [0, 0.1) is 11.8 Å². The van der Waals surface area contributed by atoms with Crippen molar-refractivity contribution in [2.75, 3.05) is 11.4 Å². The number of hydrogen-bond acceptors (Lipinski definition) is 2. The largest absolute Gasteiger partial charge is 0.328 e. The molecule has 116 valence electrons. The van der Waals surface area contributed by atoms with Crippen molar-refractivity contribution in [2.24, 2.45) is 17.6 Å². The lowest BCUT2D eigenvalue weighted by Gasteiger charge is -2.37. The van der Waals surface area contributed by atoms with Gasteiger partial charge in [0, 0.05) is 24.2 Å². The van der Waals surface area contributed by atoms with E-state index < -0.39 is 0 Å². The fraction of sp³-hybridized carbons (Fsp3) is 0.588. The lowest BCUT2D eigenvalue weighted by atomic mass is 9.84. The zero-order chi connectivity index (χ0) is 14.1. The normalized spacial score (nSPS) is 28.5. The molecule has 3 rings (SSSR count). The van der Waals surface area contributed by atoms with E-state index in [1.165, 1.54) is 5.56 Å². The summed E-state index contributed by atoms with van der Waals surface area (Å²) in [6.07, 6.45) is 5.08. The molecule has 0 bridgehead atoms. The van der Waals surface area contributed by atoms with Gasteiger partial charge >= 0.3 is 0 Å². The second-order valence-corrected chi connectivity index (χ2v) is 6.51. The maximum absolute atomic E-state index is 12.9. The molecule has 2 N–H and O–H groups in total. The molecule has 1 aliphatic heterocycles. The first-order valence-corrected chi connectivity index (χ1v) is 7.80. The summed E-state index contributed by atoms with van der Waals surface area (Å²) in [6.45, 7) is 3.07. The van der Waals surface area contributed by atoms with Crippen LogP contribution < -0.4 is 10.6 Å². The van der Waals surface area contributed by atoms with Gasteiger partial charge in [0.25, 0.3) is 0 Å². The van der Waals surface area contributed by atoms with Crippen molar-refractivity contribution in [2.45, 2.75) is 45.1 Å². The molecule has 0 saturated heterocycles. The van der Waals surface area contributed by atoms with Gasteiger partial charge in [-0.05, 0) is 43.2 Å². The van der Waals surface area contributed by atoms with E-state index in [4.69, 9.17) is 5.73 Å². The Kier molecular flexibility index (Phi) is 5.28. The Balaban J connectivity index is 0.00000161. The van der Waals surface area contributed by atoms with Gasteiger partial charge in [-0.3, -0.25) is 4.79 Å². The predicted octanol–water partition coefficient (Wildman–Crippen LogP) is 3.15. The molecule has 21 heavy (non-hydrogen) atoms. The minimum absolute atomic E-state index is 0. The molecule has 1 amide bonds. The van der Waals surface area contributed by atoms with Crippen molar-refractivity contribution < 1.29 is 4.79 Å². The number of carbonyl (C=O) groups is 1. The second kappa shape index (κ2) is 6.80. The molecule has 1 saturated carbocycles. The van der Waals surface area contributed by atoms with Crippen molar-refractivity contribution in [3.8, 4) is 0 Å². The topological polar surface area (TPSA) is 46.3 Å². The van der Waals surface area contributed by atoms with Crippen molar-refractivity contribution in [3.63, 3.8) is 0 Å². The third kappa shape index (κ3) is 3.41. The molecule has 4 heteroatoms. The summed E-state index contributed by atoms with van der Waals surface area (Å²) in [6, 6.07) is 8.53. The highest BCUT2D eigenvalue weighted by molar-refractivity contribution is 5.96. The van der Waals surface area contributed by atoms with Crippen LogP contribution in [0.15, 0.2) is 24.3 Å². The van der Waals surface area contributed by atoms with E-state index in [1.54, 1.807) is 0 Å². The Morgan fingerprint density at radius 2 is 2.05 bits per heavy atom. The summed E-state index contributed by atoms with van der Waals surface area (Å²) < 4.78 is 0. The molecule has 1 heterocycles. The maximum atomic E-state index is 12.9. The number of rotatable bonds is 1. The Bertz CT molecular complexity index is 505. The molecule has 2 aliphatic rings. The molecule has 0 aromatic heterocycles. The lowest BCUT2D eigenvalue weighted by Crippen LogP contribution is -2.45. The minimum Gasteiger partial charge on any atom is -0.328 e. The third-order valence-electron chi connectivity index (χ3n) is 4.68. The van der Waals surface area contributed by atoms with Crippen LogP contribution in [0.5, 0.6) is 0 Å². The Morgan fingerprint density at radius 1 is 1.29 bits per heavy atom. The van der Waals surface area contributed by atoms with E-state index in [9.17, 15) is 4.79 Å². The van der Waals surface area contributed by atoms with Crippen LogP contribution >= 0.6 is 12.4 Å². The number of anilines is 1. The number of amides is 1. The van der Waals surface area contributed by atoms with Crippen molar-refractivity contribution in [3.05, 3.63) is 29.8 Å². The van der Waals surface area contributed by atoms with Crippen LogP contribution in [0.4, 0.5) is 5.69 Å². The summed E-state index contributed by atoms with van der Waals surface area (Å²) >= 11 is 0. The number of fused-ring (bicyclic) bond motifs is 1. The van der Waals surface area contributed by atoms with Gasteiger partial charge in [0.2, 0.25) is 5.91 Å². The minimum atomic E-state index is 0. The quantitative estimate of drug-likeness (QED) is 0.866. The highest BCUT2D eigenvalue weighted by atomic mass is 35.5. The smallest absolute Gasteiger partial charge is 0.230 e. The van der Waals surface area contributed by atoms with E-state index in [-0.39, 0.29) is 24.4 Å². The van der Waals surface area contributed by atoms with Crippen molar-refractivity contribution in [1.29, 1.82) is 0 Å². The van der Waals surface area contributed by atoms with Gasteiger partial charge in [0.05, 0.1) is 0 Å². The molecule has 1 aromatic carbocycles. The number of hydrogen-bond donors (Lipinski definition) is 1. The maximum Gasteiger partial charge on any atom is 0.230 e. The monoisotopic (exact) mass is 308 g/mol. The van der Waals surface area contributed by atoms with Crippen molar-refractivity contribution >= 4 is 24.0 Å². The number of carbonyl (C=O) groups excluding carboxylic acids is 1. The molecule has 1 aliphatic carbocycles. The first kappa shape index (κ1) is 16.3. The zero-order valence-corrected chi connectivity index (χ0v) is 13.4. The van der Waals surface area contributed by atoms with E-state index in [0.29, 0.717) is 11.8 Å². The van der Waals surface area contributed by atoms with Gasteiger partial charge in [-0.25, -0.2) is 0 Å². The molecule has 1 aromatic rings. The molecular formula is C17H25ClN2O. The summed E-state index contributed by atoms with van der Waals surface area (Å²) in [4.78, 5) is 14.9. The highest BCUT2D eigenvalue weighted by Crippen LogP contribution is 2.33. The van der Waals surface area contributed by atoms with Crippen LogP contribution in [0.3, 0.4) is 0 Å². The first-order chi connectivity index (χ1) is 9.65. The van der Waals surface area contributed by atoms with Crippen molar-refractivity contribution in [1.82, 2.24) is 0 Å².